The van der Waals surface area contributed by atoms with E-state index in [1.54, 1.807) is 0 Å². The highest BCUT2D eigenvalue weighted by atomic mass is 32.1. The molecule has 4 amide bonds. The van der Waals surface area contributed by atoms with Crippen molar-refractivity contribution in [3.8, 4) is 0 Å². The number of carbonyl (C=O) groups excluding carboxylic acids is 4. The SMILES string of the molecule is CC(C)CC(N)C(=O)NCC(=O)NC(CS)C(=O)NC(CCC(N)=O)C(=O)O. The largest absolute Gasteiger partial charge is 0.480 e. The maximum atomic E-state index is 12.2. The van der Waals surface area contributed by atoms with Crippen LogP contribution in [0.4, 0.5) is 0 Å². The Morgan fingerprint density at radius 1 is 1.04 bits per heavy atom. The van der Waals surface area contributed by atoms with Gasteiger partial charge in [-0.25, -0.2) is 4.79 Å². The van der Waals surface area contributed by atoms with Crippen molar-refractivity contribution in [3.05, 3.63) is 0 Å². The van der Waals surface area contributed by atoms with Gasteiger partial charge in [-0.15, -0.1) is 0 Å². The molecule has 0 rings (SSSR count). The van der Waals surface area contributed by atoms with Gasteiger partial charge >= 0.3 is 5.97 Å². The summed E-state index contributed by atoms with van der Waals surface area (Å²) in [5, 5.41) is 16.0. The molecular formula is C16H29N5O6S. The quantitative estimate of drug-likeness (QED) is 0.163. The zero-order valence-electron chi connectivity index (χ0n) is 15.9. The monoisotopic (exact) mass is 419 g/mol. The van der Waals surface area contributed by atoms with Gasteiger partial charge in [0.1, 0.15) is 12.1 Å². The highest BCUT2D eigenvalue weighted by Gasteiger charge is 2.26. The fourth-order valence-electron chi connectivity index (χ4n) is 2.17. The van der Waals surface area contributed by atoms with Crippen molar-refractivity contribution >= 4 is 42.2 Å². The van der Waals surface area contributed by atoms with Gasteiger partial charge in [0.2, 0.25) is 23.6 Å². The van der Waals surface area contributed by atoms with Gasteiger partial charge in [-0.2, -0.15) is 12.6 Å². The molecule has 0 fully saturated rings. The average Bonchev–Trinajstić information content (AvgIpc) is 2.59. The van der Waals surface area contributed by atoms with Crippen LogP contribution < -0.4 is 27.4 Å². The van der Waals surface area contributed by atoms with Crippen LogP contribution in [0.3, 0.4) is 0 Å². The average molecular weight is 420 g/mol. The summed E-state index contributed by atoms with van der Waals surface area (Å²) in [5.41, 5.74) is 10.7. The molecule has 12 heteroatoms. The zero-order valence-corrected chi connectivity index (χ0v) is 16.8. The molecule has 0 bridgehead atoms. The second-order valence-electron chi connectivity index (χ2n) is 6.66. The lowest BCUT2D eigenvalue weighted by Gasteiger charge is -2.20. The third kappa shape index (κ3) is 10.7. The number of amides is 4. The van der Waals surface area contributed by atoms with Crippen LogP contribution in [-0.4, -0.2) is 65.1 Å². The van der Waals surface area contributed by atoms with Gasteiger partial charge in [-0.3, -0.25) is 19.2 Å². The maximum absolute atomic E-state index is 12.2. The minimum absolute atomic E-state index is 0.111. The first-order chi connectivity index (χ1) is 13.0. The molecule has 0 aliphatic rings. The van der Waals surface area contributed by atoms with E-state index in [-0.39, 0.29) is 24.5 Å². The minimum atomic E-state index is -1.34. The van der Waals surface area contributed by atoms with Crippen molar-refractivity contribution in [2.75, 3.05) is 12.3 Å². The third-order valence-electron chi connectivity index (χ3n) is 3.61. The van der Waals surface area contributed by atoms with Crippen LogP contribution in [0.2, 0.25) is 0 Å². The third-order valence-corrected chi connectivity index (χ3v) is 3.98. The molecule has 0 aliphatic heterocycles. The summed E-state index contributed by atoms with van der Waals surface area (Å²) in [5.74, 6) is -3.89. The number of carboxylic acids is 1. The number of hydrogen-bond donors (Lipinski definition) is 7. The van der Waals surface area contributed by atoms with Gasteiger partial charge in [0.25, 0.3) is 0 Å². The summed E-state index contributed by atoms with van der Waals surface area (Å²) >= 11 is 3.96. The van der Waals surface area contributed by atoms with E-state index in [1.165, 1.54) is 0 Å². The van der Waals surface area contributed by atoms with E-state index in [0.717, 1.165) is 0 Å². The first-order valence-electron chi connectivity index (χ1n) is 8.72. The molecule has 28 heavy (non-hydrogen) atoms. The number of carboxylic acid groups (broad SMARTS) is 1. The molecule has 0 aromatic rings. The second kappa shape index (κ2) is 12.9. The van der Waals surface area contributed by atoms with Gasteiger partial charge in [-0.05, 0) is 18.8 Å². The number of rotatable bonds is 13. The van der Waals surface area contributed by atoms with Crippen molar-refractivity contribution in [1.82, 2.24) is 16.0 Å². The van der Waals surface area contributed by atoms with Crippen molar-refractivity contribution in [3.63, 3.8) is 0 Å². The van der Waals surface area contributed by atoms with Crippen molar-refractivity contribution in [2.45, 2.75) is 51.2 Å². The molecule has 0 radical (unpaired) electrons. The molecule has 3 unspecified atom stereocenters. The van der Waals surface area contributed by atoms with E-state index in [2.05, 4.69) is 28.6 Å². The zero-order chi connectivity index (χ0) is 21.9. The molecule has 0 aliphatic carbocycles. The maximum Gasteiger partial charge on any atom is 0.326 e. The standard InChI is InChI=1S/C16H29N5O6S/c1-8(2)5-9(17)14(24)19-6-13(23)20-11(7-28)15(25)21-10(16(26)27)3-4-12(18)22/h8-11,28H,3-7,17H2,1-2H3,(H2,18,22)(H,19,24)(H,20,23)(H,21,25)(H,26,27). The lowest BCUT2D eigenvalue weighted by Crippen LogP contribution is -2.54. The summed E-state index contributed by atoms with van der Waals surface area (Å²) in [6, 6.07) is -3.22. The highest BCUT2D eigenvalue weighted by Crippen LogP contribution is 2.02. The Kier molecular flexibility index (Phi) is 11.9. The number of primary amides is 1. The molecule has 0 heterocycles. The predicted molar refractivity (Wildman–Crippen MR) is 104 cm³/mol. The smallest absolute Gasteiger partial charge is 0.326 e. The Hall–Kier alpha value is -2.34. The number of thiol groups is 1. The molecular weight excluding hydrogens is 390 g/mol. The summed E-state index contributed by atoms with van der Waals surface area (Å²) in [6.07, 6.45) is 0.0439. The fourth-order valence-corrected chi connectivity index (χ4v) is 2.43. The summed E-state index contributed by atoms with van der Waals surface area (Å²) in [6.45, 7) is 3.42. The molecule has 0 aromatic heterocycles. The van der Waals surface area contributed by atoms with Crippen LogP contribution >= 0.6 is 12.6 Å². The van der Waals surface area contributed by atoms with Crippen molar-refractivity contribution in [2.24, 2.45) is 17.4 Å². The molecule has 11 nitrogen and oxygen atoms in total. The van der Waals surface area contributed by atoms with Crippen LogP contribution in [0.15, 0.2) is 0 Å². The topological polar surface area (TPSA) is 194 Å². The Labute approximate surface area is 168 Å². The van der Waals surface area contributed by atoms with Gasteiger partial charge in [0, 0.05) is 12.2 Å². The van der Waals surface area contributed by atoms with Crippen LogP contribution in [-0.2, 0) is 24.0 Å². The van der Waals surface area contributed by atoms with Gasteiger partial charge < -0.3 is 32.5 Å². The fraction of sp³-hybridized carbons (Fsp3) is 0.688. The minimum Gasteiger partial charge on any atom is -0.480 e. The first-order valence-corrected chi connectivity index (χ1v) is 9.36. The highest BCUT2D eigenvalue weighted by molar-refractivity contribution is 7.80. The van der Waals surface area contributed by atoms with E-state index >= 15 is 0 Å². The lowest BCUT2D eigenvalue weighted by atomic mass is 10.0. The van der Waals surface area contributed by atoms with Crippen LogP contribution in [0.25, 0.3) is 0 Å². The second-order valence-corrected chi connectivity index (χ2v) is 7.03. The van der Waals surface area contributed by atoms with Crippen LogP contribution in [0.1, 0.15) is 33.1 Å². The summed E-state index contributed by atoms with van der Waals surface area (Å²) in [4.78, 5) is 57.9. The molecule has 0 saturated heterocycles. The molecule has 0 aromatic carbocycles. The first kappa shape index (κ1) is 25.7. The molecule has 0 spiro atoms. The summed E-state index contributed by atoms with van der Waals surface area (Å²) in [7, 11) is 0. The van der Waals surface area contributed by atoms with E-state index in [1.807, 2.05) is 13.8 Å². The van der Waals surface area contributed by atoms with Crippen LogP contribution in [0.5, 0.6) is 0 Å². The van der Waals surface area contributed by atoms with Crippen LogP contribution in [0, 0.1) is 5.92 Å². The Bertz CT molecular complexity index is 586. The lowest BCUT2D eigenvalue weighted by molar-refractivity contribution is -0.142. The van der Waals surface area contributed by atoms with Gasteiger partial charge in [0.05, 0.1) is 12.6 Å². The number of nitrogens with one attached hydrogen (secondary N) is 3. The Balaban J connectivity index is 4.62. The number of carbonyl (C=O) groups is 5. The van der Waals surface area contributed by atoms with Gasteiger partial charge in [0.15, 0.2) is 0 Å². The molecule has 8 N–H and O–H groups in total. The predicted octanol–water partition coefficient (Wildman–Crippen LogP) is -2.27. The van der Waals surface area contributed by atoms with Gasteiger partial charge in [-0.1, -0.05) is 13.8 Å². The normalized spacial score (nSPS) is 13.9. The molecule has 160 valence electrons. The number of aliphatic carboxylic acids is 1. The van der Waals surface area contributed by atoms with E-state index < -0.39 is 54.3 Å². The Morgan fingerprint density at radius 3 is 2.11 bits per heavy atom. The van der Waals surface area contributed by atoms with E-state index in [0.29, 0.717) is 6.42 Å². The number of hydrogen-bond acceptors (Lipinski definition) is 7. The molecule has 3 atom stereocenters. The Morgan fingerprint density at radius 2 is 1.64 bits per heavy atom. The van der Waals surface area contributed by atoms with E-state index in [4.69, 9.17) is 16.6 Å². The van der Waals surface area contributed by atoms with Crippen molar-refractivity contribution in [1.29, 1.82) is 0 Å². The van der Waals surface area contributed by atoms with E-state index in [9.17, 15) is 24.0 Å². The summed E-state index contributed by atoms with van der Waals surface area (Å²) < 4.78 is 0. The molecule has 0 saturated carbocycles. The number of nitrogens with two attached hydrogens (primary N) is 2. The van der Waals surface area contributed by atoms with Crippen molar-refractivity contribution < 1.29 is 29.1 Å².